The number of nitrogens with zero attached hydrogens (tertiary/aromatic N) is 1. The van der Waals surface area contributed by atoms with Crippen LogP contribution in [0.25, 0.3) is 0 Å². The van der Waals surface area contributed by atoms with E-state index in [1.165, 1.54) is 6.92 Å². The number of benzene rings is 3. The van der Waals surface area contributed by atoms with Gasteiger partial charge in [0.2, 0.25) is 17.7 Å². The third-order valence-corrected chi connectivity index (χ3v) is 6.35. The summed E-state index contributed by atoms with van der Waals surface area (Å²) in [5.74, 6) is 0.627. The van der Waals surface area contributed by atoms with Crippen LogP contribution < -0.4 is 15.4 Å². The Labute approximate surface area is 222 Å². The topological polar surface area (TPSA) is 97.0 Å². The van der Waals surface area contributed by atoms with Crippen LogP contribution in [0.4, 0.5) is 5.69 Å². The molecule has 0 aromatic heterocycles. The van der Waals surface area contributed by atoms with E-state index in [4.69, 9.17) is 9.47 Å². The fourth-order valence-electron chi connectivity index (χ4n) is 4.44. The number of nitrogens with one attached hydrogen (secondary N) is 2. The number of hydrogen-bond acceptors (Lipinski definition) is 5. The van der Waals surface area contributed by atoms with Crippen LogP contribution in [0.3, 0.4) is 0 Å². The van der Waals surface area contributed by atoms with Crippen LogP contribution in [0.1, 0.15) is 31.7 Å². The Hall–Kier alpha value is -4.17. The van der Waals surface area contributed by atoms with Crippen molar-refractivity contribution in [2.45, 2.75) is 44.9 Å². The molecule has 4 rings (SSSR count). The molecule has 2 atom stereocenters. The van der Waals surface area contributed by atoms with Gasteiger partial charge in [-0.15, -0.1) is 0 Å². The second kappa shape index (κ2) is 13.4. The fraction of sp³-hybridized carbons (Fsp3) is 0.300. The molecule has 0 spiro atoms. The number of rotatable bonds is 11. The molecule has 3 amide bonds. The average molecular weight is 516 g/mol. The molecule has 1 heterocycles. The first-order chi connectivity index (χ1) is 18.5. The molecule has 3 aromatic carbocycles. The zero-order valence-corrected chi connectivity index (χ0v) is 21.5. The second-order valence-electron chi connectivity index (χ2n) is 9.26. The molecule has 38 heavy (non-hydrogen) atoms. The minimum absolute atomic E-state index is 0.00274. The molecular formula is C30H33N3O5. The molecule has 3 aromatic rings. The van der Waals surface area contributed by atoms with Gasteiger partial charge in [-0.25, -0.2) is 0 Å². The second-order valence-corrected chi connectivity index (χ2v) is 9.26. The highest BCUT2D eigenvalue weighted by atomic mass is 16.5. The van der Waals surface area contributed by atoms with Gasteiger partial charge < -0.3 is 25.0 Å². The lowest BCUT2D eigenvalue weighted by Gasteiger charge is -2.24. The van der Waals surface area contributed by atoms with E-state index >= 15 is 0 Å². The van der Waals surface area contributed by atoms with Crippen LogP contribution in [-0.4, -0.2) is 47.9 Å². The summed E-state index contributed by atoms with van der Waals surface area (Å²) in [5.41, 5.74) is 1.53. The summed E-state index contributed by atoms with van der Waals surface area (Å²) in [5, 5.41) is 5.67. The Morgan fingerprint density at radius 2 is 1.58 bits per heavy atom. The number of carbonyl (C=O) groups is 3. The summed E-state index contributed by atoms with van der Waals surface area (Å²) in [6.07, 6.45) is 1.78. The van der Waals surface area contributed by atoms with Crippen molar-refractivity contribution in [3.8, 4) is 11.5 Å². The highest BCUT2D eigenvalue weighted by molar-refractivity contribution is 5.97. The van der Waals surface area contributed by atoms with E-state index in [0.717, 1.165) is 18.4 Å². The first-order valence-corrected chi connectivity index (χ1v) is 12.8. The predicted octanol–water partition coefficient (Wildman–Crippen LogP) is 4.52. The Bertz CT molecular complexity index is 1200. The van der Waals surface area contributed by atoms with E-state index in [1.54, 1.807) is 29.2 Å². The van der Waals surface area contributed by atoms with Gasteiger partial charge in [0.05, 0.1) is 13.2 Å². The molecule has 0 saturated carbocycles. The zero-order valence-electron chi connectivity index (χ0n) is 21.5. The number of likely N-dealkylation sites (tertiary alicyclic amines) is 1. The molecule has 8 heteroatoms. The maximum atomic E-state index is 13.2. The molecule has 1 saturated heterocycles. The van der Waals surface area contributed by atoms with Crippen molar-refractivity contribution >= 4 is 23.4 Å². The molecule has 1 aliphatic rings. The van der Waals surface area contributed by atoms with Crippen molar-refractivity contribution in [1.82, 2.24) is 10.2 Å². The number of amides is 3. The van der Waals surface area contributed by atoms with Crippen molar-refractivity contribution in [2.75, 3.05) is 18.5 Å². The molecular weight excluding hydrogens is 482 g/mol. The molecule has 0 radical (unpaired) electrons. The van der Waals surface area contributed by atoms with E-state index in [2.05, 4.69) is 10.6 Å². The van der Waals surface area contributed by atoms with E-state index in [0.29, 0.717) is 30.3 Å². The molecule has 2 N–H and O–H groups in total. The standard InChI is InChI=1S/C30H33N3O5/c1-22(34)33-18-8-11-25(33)19-29(35)32-28(21-37-20-23-9-4-2-5-10-23)30(36)31-24-14-16-27(17-15-24)38-26-12-6-3-7-13-26/h2-7,9-10,12-17,25,28H,8,11,18-21H2,1H3,(H,31,36)(H,32,35). The SMILES string of the molecule is CC(=O)N1CCCC1CC(=O)NC(COCc1ccccc1)C(=O)Nc1ccc(Oc2ccccc2)cc1. The third-order valence-electron chi connectivity index (χ3n) is 6.35. The molecule has 2 unspecified atom stereocenters. The summed E-state index contributed by atoms with van der Waals surface area (Å²) in [6.45, 7) is 2.48. The summed E-state index contributed by atoms with van der Waals surface area (Å²) >= 11 is 0. The van der Waals surface area contributed by atoms with Crippen LogP contribution in [-0.2, 0) is 25.7 Å². The highest BCUT2D eigenvalue weighted by Gasteiger charge is 2.30. The van der Waals surface area contributed by atoms with Gasteiger partial charge in [-0.3, -0.25) is 14.4 Å². The Kier molecular flexibility index (Phi) is 9.48. The third kappa shape index (κ3) is 7.91. The highest BCUT2D eigenvalue weighted by Crippen LogP contribution is 2.23. The lowest BCUT2D eigenvalue weighted by molar-refractivity contribution is -0.132. The Morgan fingerprint density at radius 3 is 2.26 bits per heavy atom. The van der Waals surface area contributed by atoms with Crippen molar-refractivity contribution in [2.24, 2.45) is 0 Å². The largest absolute Gasteiger partial charge is 0.457 e. The summed E-state index contributed by atoms with van der Waals surface area (Å²) in [4.78, 5) is 39.7. The Morgan fingerprint density at radius 1 is 0.921 bits per heavy atom. The minimum Gasteiger partial charge on any atom is -0.457 e. The van der Waals surface area contributed by atoms with E-state index in [-0.39, 0.29) is 30.9 Å². The number of ether oxygens (including phenoxy) is 2. The number of hydrogen-bond donors (Lipinski definition) is 2. The fourth-order valence-corrected chi connectivity index (χ4v) is 4.44. The van der Waals surface area contributed by atoms with Gasteiger partial charge in [0, 0.05) is 31.6 Å². The number of anilines is 1. The van der Waals surface area contributed by atoms with Gasteiger partial charge in [-0.2, -0.15) is 0 Å². The van der Waals surface area contributed by atoms with Gasteiger partial charge in [-0.1, -0.05) is 48.5 Å². The molecule has 1 aliphatic heterocycles. The quantitative estimate of drug-likeness (QED) is 0.391. The van der Waals surface area contributed by atoms with Crippen LogP contribution in [0.5, 0.6) is 11.5 Å². The monoisotopic (exact) mass is 515 g/mol. The van der Waals surface area contributed by atoms with Gasteiger partial charge >= 0.3 is 0 Å². The van der Waals surface area contributed by atoms with Crippen molar-refractivity contribution < 1.29 is 23.9 Å². The molecule has 1 fully saturated rings. The summed E-state index contributed by atoms with van der Waals surface area (Å²) < 4.78 is 11.6. The first-order valence-electron chi connectivity index (χ1n) is 12.8. The van der Waals surface area contributed by atoms with Crippen molar-refractivity contribution in [3.05, 3.63) is 90.5 Å². The molecule has 198 valence electrons. The van der Waals surface area contributed by atoms with E-state index in [1.807, 2.05) is 60.7 Å². The first kappa shape index (κ1) is 26.9. The lowest BCUT2D eigenvalue weighted by Crippen LogP contribution is -2.48. The summed E-state index contributed by atoms with van der Waals surface area (Å²) in [7, 11) is 0. The van der Waals surface area contributed by atoms with Gasteiger partial charge in [0.1, 0.15) is 17.5 Å². The van der Waals surface area contributed by atoms with E-state index < -0.39 is 11.9 Å². The van der Waals surface area contributed by atoms with E-state index in [9.17, 15) is 14.4 Å². The number of para-hydroxylation sites is 1. The van der Waals surface area contributed by atoms with Crippen molar-refractivity contribution in [3.63, 3.8) is 0 Å². The van der Waals surface area contributed by atoms with Crippen LogP contribution in [0.15, 0.2) is 84.9 Å². The minimum atomic E-state index is -0.904. The van der Waals surface area contributed by atoms with Crippen LogP contribution >= 0.6 is 0 Å². The molecule has 0 bridgehead atoms. The predicted molar refractivity (Wildman–Crippen MR) is 145 cm³/mol. The van der Waals surface area contributed by atoms with Crippen LogP contribution in [0.2, 0.25) is 0 Å². The van der Waals surface area contributed by atoms with Crippen molar-refractivity contribution in [1.29, 1.82) is 0 Å². The average Bonchev–Trinajstić information content (AvgIpc) is 3.39. The normalized spacial score (nSPS) is 15.5. The van der Waals surface area contributed by atoms with Gasteiger partial charge in [-0.05, 0) is 54.8 Å². The lowest BCUT2D eigenvalue weighted by atomic mass is 10.1. The maximum absolute atomic E-state index is 13.2. The molecule has 8 nitrogen and oxygen atoms in total. The summed E-state index contributed by atoms with van der Waals surface area (Å²) in [6, 6.07) is 25.0. The number of carbonyl (C=O) groups excluding carboxylic acids is 3. The maximum Gasteiger partial charge on any atom is 0.249 e. The van der Waals surface area contributed by atoms with Gasteiger partial charge in [0.15, 0.2) is 0 Å². The van der Waals surface area contributed by atoms with Gasteiger partial charge in [0.25, 0.3) is 0 Å². The van der Waals surface area contributed by atoms with Crippen LogP contribution in [0, 0.1) is 0 Å². The smallest absolute Gasteiger partial charge is 0.249 e. The zero-order chi connectivity index (χ0) is 26.7. The Balaban J connectivity index is 1.37. The molecule has 0 aliphatic carbocycles.